The Bertz CT molecular complexity index is 313. The van der Waals surface area contributed by atoms with Gasteiger partial charge in [0.1, 0.15) is 5.75 Å². The Morgan fingerprint density at radius 3 is 2.57 bits per heavy atom. The molecule has 0 aliphatic rings. The molecule has 0 saturated heterocycles. The molecule has 4 heteroatoms. The molecule has 0 heterocycles. The summed E-state index contributed by atoms with van der Waals surface area (Å²) in [5.74, 6) is 0.543. The van der Waals surface area contributed by atoms with Crippen LogP contribution in [0.3, 0.4) is 0 Å². The highest BCUT2D eigenvalue weighted by Gasteiger charge is 2.17. The number of hydrogen-bond acceptors (Lipinski definition) is 4. The van der Waals surface area contributed by atoms with Crippen LogP contribution in [0, 0.1) is 0 Å². The molecule has 0 spiro atoms. The van der Waals surface area contributed by atoms with Crippen molar-refractivity contribution in [3.63, 3.8) is 0 Å². The van der Waals surface area contributed by atoms with Crippen LogP contribution in [0.15, 0.2) is 18.2 Å². The van der Waals surface area contributed by atoms with Crippen LogP contribution < -0.4 is 16.2 Å². The summed E-state index contributed by atoms with van der Waals surface area (Å²) in [6, 6.07) is 4.84. The lowest BCUT2D eigenvalue weighted by Gasteiger charge is -2.19. The summed E-state index contributed by atoms with van der Waals surface area (Å²) in [6.45, 7) is 1.63. The van der Waals surface area contributed by atoms with Gasteiger partial charge >= 0.3 is 0 Å². The van der Waals surface area contributed by atoms with Crippen molar-refractivity contribution in [2.24, 2.45) is 5.73 Å². The van der Waals surface area contributed by atoms with Gasteiger partial charge in [-0.2, -0.15) is 0 Å². The lowest BCUT2D eigenvalue weighted by molar-refractivity contribution is 0.163. The Morgan fingerprint density at radius 2 is 2.07 bits per heavy atom. The molecule has 1 aromatic carbocycles. The highest BCUT2D eigenvalue weighted by atomic mass is 16.5. The van der Waals surface area contributed by atoms with E-state index in [0.717, 1.165) is 5.56 Å². The van der Waals surface area contributed by atoms with E-state index < -0.39 is 12.1 Å². The van der Waals surface area contributed by atoms with Gasteiger partial charge in [0.2, 0.25) is 0 Å². The molecular formula is C10H16N2O2. The van der Waals surface area contributed by atoms with Crippen molar-refractivity contribution < 1.29 is 9.84 Å². The van der Waals surface area contributed by atoms with Gasteiger partial charge in [0.15, 0.2) is 0 Å². The lowest BCUT2D eigenvalue weighted by Crippen LogP contribution is -2.23. The van der Waals surface area contributed by atoms with Gasteiger partial charge in [-0.15, -0.1) is 0 Å². The standard InChI is InChI=1S/C10H16N2O2/c1-6(13)9(12)7-4-3-5-8(11)10(7)14-2/h3-6,9,13H,11-12H2,1-2H3/t6-,9+/m0/s1. The predicted molar refractivity (Wildman–Crippen MR) is 56.0 cm³/mol. The maximum atomic E-state index is 9.36. The molecule has 1 rings (SSSR count). The molecule has 0 bridgehead atoms. The number of nitrogens with two attached hydrogens (primary N) is 2. The van der Waals surface area contributed by atoms with Gasteiger partial charge in [-0.25, -0.2) is 0 Å². The molecule has 0 aliphatic carbocycles. The normalized spacial score (nSPS) is 14.9. The second-order valence-electron chi connectivity index (χ2n) is 3.24. The first-order valence-corrected chi connectivity index (χ1v) is 4.44. The van der Waals surface area contributed by atoms with Gasteiger partial charge in [0, 0.05) is 5.56 Å². The Balaban J connectivity index is 3.13. The van der Waals surface area contributed by atoms with E-state index >= 15 is 0 Å². The van der Waals surface area contributed by atoms with Crippen molar-refractivity contribution in [3.8, 4) is 5.75 Å². The molecule has 4 nitrogen and oxygen atoms in total. The maximum Gasteiger partial charge on any atom is 0.146 e. The second-order valence-corrected chi connectivity index (χ2v) is 3.24. The van der Waals surface area contributed by atoms with E-state index in [0.29, 0.717) is 11.4 Å². The van der Waals surface area contributed by atoms with Gasteiger partial charge in [0.25, 0.3) is 0 Å². The van der Waals surface area contributed by atoms with E-state index in [1.807, 2.05) is 0 Å². The quantitative estimate of drug-likeness (QED) is 0.620. The zero-order valence-corrected chi connectivity index (χ0v) is 8.40. The minimum atomic E-state index is -0.634. The summed E-state index contributed by atoms with van der Waals surface area (Å²) < 4.78 is 5.13. The summed E-state index contributed by atoms with van der Waals surface area (Å²) in [5.41, 5.74) is 12.8. The third-order valence-electron chi connectivity index (χ3n) is 2.16. The molecule has 0 saturated carbocycles. The van der Waals surface area contributed by atoms with E-state index in [1.165, 1.54) is 7.11 Å². The van der Waals surface area contributed by atoms with Gasteiger partial charge in [-0.05, 0) is 13.0 Å². The number of aliphatic hydroxyl groups excluding tert-OH is 1. The maximum absolute atomic E-state index is 9.36. The average molecular weight is 196 g/mol. The van der Waals surface area contributed by atoms with Crippen LogP contribution in [0.4, 0.5) is 5.69 Å². The van der Waals surface area contributed by atoms with Crippen LogP contribution >= 0.6 is 0 Å². The third-order valence-corrected chi connectivity index (χ3v) is 2.16. The number of ether oxygens (including phenoxy) is 1. The number of hydrogen-bond donors (Lipinski definition) is 3. The Kier molecular flexibility index (Phi) is 3.33. The van der Waals surface area contributed by atoms with Crippen LogP contribution in [0.1, 0.15) is 18.5 Å². The van der Waals surface area contributed by atoms with Gasteiger partial charge in [-0.3, -0.25) is 0 Å². The fourth-order valence-corrected chi connectivity index (χ4v) is 1.33. The molecule has 0 aromatic heterocycles. The van der Waals surface area contributed by atoms with E-state index in [2.05, 4.69) is 0 Å². The second kappa shape index (κ2) is 4.30. The van der Waals surface area contributed by atoms with Gasteiger partial charge in [-0.1, -0.05) is 12.1 Å². The number of benzene rings is 1. The first-order valence-electron chi connectivity index (χ1n) is 4.44. The molecule has 2 atom stereocenters. The molecule has 0 fully saturated rings. The van der Waals surface area contributed by atoms with Crippen LogP contribution in [0.25, 0.3) is 0 Å². The van der Waals surface area contributed by atoms with E-state index in [4.69, 9.17) is 16.2 Å². The van der Waals surface area contributed by atoms with Crippen molar-refractivity contribution in [3.05, 3.63) is 23.8 Å². The fourth-order valence-electron chi connectivity index (χ4n) is 1.33. The van der Waals surface area contributed by atoms with Crippen molar-refractivity contribution >= 4 is 5.69 Å². The van der Waals surface area contributed by atoms with Gasteiger partial charge in [0.05, 0.1) is 24.9 Å². The minimum absolute atomic E-state index is 0.478. The van der Waals surface area contributed by atoms with Crippen molar-refractivity contribution in [2.45, 2.75) is 19.1 Å². The molecule has 0 unspecified atom stereocenters. The largest absolute Gasteiger partial charge is 0.494 e. The highest BCUT2D eigenvalue weighted by Crippen LogP contribution is 2.30. The number of anilines is 1. The van der Waals surface area contributed by atoms with Crippen molar-refractivity contribution in [1.82, 2.24) is 0 Å². The zero-order chi connectivity index (χ0) is 10.7. The lowest BCUT2D eigenvalue weighted by atomic mass is 10.0. The van der Waals surface area contributed by atoms with Crippen molar-refractivity contribution in [2.75, 3.05) is 12.8 Å². The SMILES string of the molecule is COc1c(N)cccc1[C@H](N)[C@H](C)O. The fraction of sp³-hybridized carbons (Fsp3) is 0.400. The first kappa shape index (κ1) is 10.8. The number of rotatable bonds is 3. The van der Waals surface area contributed by atoms with Crippen LogP contribution in [-0.2, 0) is 0 Å². The van der Waals surface area contributed by atoms with Crippen LogP contribution in [-0.4, -0.2) is 18.3 Å². The Labute approximate surface area is 83.5 Å². The Morgan fingerprint density at radius 1 is 1.43 bits per heavy atom. The van der Waals surface area contributed by atoms with E-state index in [9.17, 15) is 5.11 Å². The van der Waals surface area contributed by atoms with Crippen molar-refractivity contribution in [1.29, 1.82) is 0 Å². The highest BCUT2D eigenvalue weighted by molar-refractivity contribution is 5.57. The number of methoxy groups -OCH3 is 1. The van der Waals surface area contributed by atoms with E-state index in [-0.39, 0.29) is 0 Å². The number of para-hydroxylation sites is 1. The number of aliphatic hydroxyl groups is 1. The zero-order valence-electron chi connectivity index (χ0n) is 8.40. The topological polar surface area (TPSA) is 81.5 Å². The summed E-state index contributed by atoms with van der Waals surface area (Å²) in [7, 11) is 1.53. The average Bonchev–Trinajstić information content (AvgIpc) is 2.16. The minimum Gasteiger partial charge on any atom is -0.494 e. The molecule has 0 aliphatic heterocycles. The van der Waals surface area contributed by atoms with Crippen LogP contribution in [0.5, 0.6) is 5.75 Å². The molecular weight excluding hydrogens is 180 g/mol. The van der Waals surface area contributed by atoms with Gasteiger partial charge < -0.3 is 21.3 Å². The monoisotopic (exact) mass is 196 g/mol. The van der Waals surface area contributed by atoms with E-state index in [1.54, 1.807) is 25.1 Å². The molecule has 0 radical (unpaired) electrons. The smallest absolute Gasteiger partial charge is 0.146 e. The summed E-state index contributed by atoms with van der Waals surface area (Å²) in [6.07, 6.45) is -0.634. The first-order chi connectivity index (χ1) is 6.57. The molecule has 78 valence electrons. The molecule has 14 heavy (non-hydrogen) atoms. The third kappa shape index (κ3) is 1.97. The molecule has 0 amide bonds. The number of nitrogen functional groups attached to an aromatic ring is 1. The molecule has 5 N–H and O–H groups in total. The Hall–Kier alpha value is -1.26. The predicted octanol–water partition coefficient (Wildman–Crippen LogP) is 0.658. The summed E-state index contributed by atoms with van der Waals surface area (Å²) in [4.78, 5) is 0. The summed E-state index contributed by atoms with van der Waals surface area (Å²) in [5, 5.41) is 9.36. The van der Waals surface area contributed by atoms with Crippen LogP contribution in [0.2, 0.25) is 0 Å². The summed E-state index contributed by atoms with van der Waals surface area (Å²) >= 11 is 0. The molecule has 1 aromatic rings.